The first-order chi connectivity index (χ1) is 15.5. The van der Waals surface area contributed by atoms with Crippen molar-refractivity contribution >= 4 is 12.0 Å². The summed E-state index contributed by atoms with van der Waals surface area (Å²) in [6, 6.07) is 16.6. The van der Waals surface area contributed by atoms with E-state index in [1.54, 1.807) is 0 Å². The molecule has 0 radical (unpaired) electrons. The standard InChI is InChI=1S/C26H31N3O3/c1-16(2)11-24(25(30)29-14-17-12-18(29)13-27-17)28-26(31)32-15-23-21-9-5-3-7-19(21)20-8-4-6-10-22(20)23/h3-10,16-18,23-24,27H,11-15H2,1-2H3,(H,28,31)/t17-,18-,24-/m0/s1. The maximum Gasteiger partial charge on any atom is 0.407 e. The summed E-state index contributed by atoms with van der Waals surface area (Å²) >= 11 is 0. The largest absolute Gasteiger partial charge is 0.449 e. The van der Waals surface area contributed by atoms with Gasteiger partial charge in [0.2, 0.25) is 5.91 Å². The van der Waals surface area contributed by atoms with Crippen LogP contribution in [0.2, 0.25) is 0 Å². The Balaban J connectivity index is 1.26. The second kappa shape index (κ2) is 8.58. The number of hydrogen-bond acceptors (Lipinski definition) is 4. The van der Waals surface area contributed by atoms with E-state index in [9.17, 15) is 9.59 Å². The van der Waals surface area contributed by atoms with E-state index in [1.165, 1.54) is 22.3 Å². The Morgan fingerprint density at radius 2 is 1.75 bits per heavy atom. The van der Waals surface area contributed by atoms with Gasteiger partial charge in [0.1, 0.15) is 12.6 Å². The summed E-state index contributed by atoms with van der Waals surface area (Å²) in [4.78, 5) is 27.9. The second-order valence-corrected chi connectivity index (χ2v) is 9.64. The highest BCUT2D eigenvalue weighted by Crippen LogP contribution is 2.44. The van der Waals surface area contributed by atoms with Gasteiger partial charge in [-0.3, -0.25) is 4.79 Å². The zero-order chi connectivity index (χ0) is 22.2. The number of nitrogens with zero attached hydrogens (tertiary/aromatic N) is 1. The highest BCUT2D eigenvalue weighted by atomic mass is 16.5. The predicted molar refractivity (Wildman–Crippen MR) is 123 cm³/mol. The molecule has 32 heavy (non-hydrogen) atoms. The van der Waals surface area contributed by atoms with Gasteiger partial charge in [-0.2, -0.15) is 0 Å². The highest BCUT2D eigenvalue weighted by molar-refractivity contribution is 5.86. The molecule has 2 fully saturated rings. The Morgan fingerprint density at radius 3 is 2.31 bits per heavy atom. The summed E-state index contributed by atoms with van der Waals surface area (Å²) in [6.45, 7) is 5.95. The highest BCUT2D eigenvalue weighted by Gasteiger charge is 2.42. The third kappa shape index (κ3) is 3.88. The summed E-state index contributed by atoms with van der Waals surface area (Å²) in [5.74, 6) is 0.310. The van der Waals surface area contributed by atoms with Crippen LogP contribution in [0.3, 0.4) is 0 Å². The Labute approximate surface area is 189 Å². The lowest BCUT2D eigenvalue weighted by Crippen LogP contribution is -2.54. The van der Waals surface area contributed by atoms with Crippen LogP contribution in [-0.2, 0) is 9.53 Å². The molecule has 0 unspecified atom stereocenters. The number of carbonyl (C=O) groups excluding carboxylic acids is 2. The molecule has 2 N–H and O–H groups in total. The van der Waals surface area contributed by atoms with Crippen LogP contribution in [0, 0.1) is 5.92 Å². The minimum Gasteiger partial charge on any atom is -0.449 e. The smallest absolute Gasteiger partial charge is 0.407 e. The van der Waals surface area contributed by atoms with Gasteiger partial charge in [-0.05, 0) is 41.0 Å². The van der Waals surface area contributed by atoms with Crippen LogP contribution in [0.15, 0.2) is 48.5 Å². The molecule has 0 spiro atoms. The maximum absolute atomic E-state index is 13.2. The monoisotopic (exact) mass is 433 g/mol. The van der Waals surface area contributed by atoms with Gasteiger partial charge in [0.05, 0.1) is 0 Å². The van der Waals surface area contributed by atoms with Crippen molar-refractivity contribution in [3.63, 3.8) is 0 Å². The van der Waals surface area contributed by atoms with Crippen LogP contribution in [-0.4, -0.2) is 54.7 Å². The van der Waals surface area contributed by atoms with Crippen molar-refractivity contribution in [3.05, 3.63) is 59.7 Å². The van der Waals surface area contributed by atoms with E-state index in [0.717, 1.165) is 19.5 Å². The molecule has 168 valence electrons. The molecule has 6 nitrogen and oxygen atoms in total. The summed E-state index contributed by atoms with van der Waals surface area (Å²) in [6.07, 6.45) is 1.09. The van der Waals surface area contributed by atoms with Crippen LogP contribution in [0.1, 0.15) is 43.7 Å². The first-order valence-corrected chi connectivity index (χ1v) is 11.7. The molecule has 5 rings (SSSR count). The summed E-state index contributed by atoms with van der Waals surface area (Å²) in [5, 5.41) is 6.31. The summed E-state index contributed by atoms with van der Waals surface area (Å²) < 4.78 is 5.69. The number of hydrogen-bond donors (Lipinski definition) is 2. The third-order valence-electron chi connectivity index (χ3n) is 6.98. The van der Waals surface area contributed by atoms with E-state index in [4.69, 9.17) is 4.74 Å². The minimum atomic E-state index is -0.551. The molecule has 2 aromatic rings. The van der Waals surface area contributed by atoms with Crippen LogP contribution in [0.4, 0.5) is 4.79 Å². The molecule has 0 saturated carbocycles. The van der Waals surface area contributed by atoms with Gasteiger partial charge in [0.15, 0.2) is 0 Å². The molecule has 6 heteroatoms. The number of nitrogens with one attached hydrogen (secondary N) is 2. The topological polar surface area (TPSA) is 70.7 Å². The second-order valence-electron chi connectivity index (χ2n) is 9.64. The molecule has 2 bridgehead atoms. The van der Waals surface area contributed by atoms with Crippen LogP contribution >= 0.6 is 0 Å². The molecule has 2 saturated heterocycles. The van der Waals surface area contributed by atoms with Crippen molar-refractivity contribution in [2.45, 2.75) is 50.7 Å². The number of alkyl carbamates (subject to hydrolysis) is 1. The van der Waals surface area contributed by atoms with Gasteiger partial charge in [0, 0.05) is 31.1 Å². The number of piperazine rings is 1. The van der Waals surface area contributed by atoms with Gasteiger partial charge in [0.25, 0.3) is 0 Å². The quantitative estimate of drug-likeness (QED) is 0.731. The van der Waals surface area contributed by atoms with E-state index in [2.05, 4.69) is 48.7 Å². The van der Waals surface area contributed by atoms with Crippen LogP contribution < -0.4 is 10.6 Å². The first kappa shape index (κ1) is 21.0. The molecule has 2 amide bonds. The van der Waals surface area contributed by atoms with Gasteiger partial charge in [-0.1, -0.05) is 62.4 Å². The van der Waals surface area contributed by atoms with E-state index in [1.807, 2.05) is 29.2 Å². The van der Waals surface area contributed by atoms with Gasteiger partial charge < -0.3 is 20.3 Å². The van der Waals surface area contributed by atoms with Gasteiger partial charge >= 0.3 is 6.09 Å². The fourth-order valence-electron chi connectivity index (χ4n) is 5.51. The average Bonchev–Trinajstić information content (AvgIpc) is 3.50. The fraction of sp³-hybridized carbons (Fsp3) is 0.462. The van der Waals surface area contributed by atoms with Crippen LogP contribution in [0.25, 0.3) is 11.1 Å². The molecular weight excluding hydrogens is 402 g/mol. The number of amides is 2. The zero-order valence-electron chi connectivity index (χ0n) is 18.7. The molecule has 3 aliphatic rings. The molecule has 0 aromatic heterocycles. The van der Waals surface area contributed by atoms with Crippen molar-refractivity contribution in [2.24, 2.45) is 5.92 Å². The maximum atomic E-state index is 13.2. The number of carbonyl (C=O) groups is 2. The van der Waals surface area contributed by atoms with Crippen molar-refractivity contribution < 1.29 is 14.3 Å². The lowest BCUT2D eigenvalue weighted by molar-refractivity contribution is -0.135. The predicted octanol–water partition coefficient (Wildman–Crippen LogP) is 3.51. The Bertz CT molecular complexity index is 975. The lowest BCUT2D eigenvalue weighted by atomic mass is 9.98. The number of fused-ring (bicyclic) bond motifs is 5. The molecule has 2 heterocycles. The molecule has 2 aromatic carbocycles. The van der Waals surface area contributed by atoms with Gasteiger partial charge in [-0.15, -0.1) is 0 Å². The number of benzene rings is 2. The van der Waals surface area contributed by atoms with Crippen molar-refractivity contribution in [1.29, 1.82) is 0 Å². The normalized spacial score (nSPS) is 22.0. The Kier molecular flexibility index (Phi) is 5.64. The van der Waals surface area contributed by atoms with E-state index in [-0.39, 0.29) is 30.4 Å². The zero-order valence-corrected chi connectivity index (χ0v) is 18.7. The Morgan fingerprint density at radius 1 is 1.09 bits per heavy atom. The molecule has 2 aliphatic heterocycles. The third-order valence-corrected chi connectivity index (χ3v) is 6.98. The average molecular weight is 434 g/mol. The summed E-state index contributed by atoms with van der Waals surface area (Å²) in [5.41, 5.74) is 4.75. The van der Waals surface area contributed by atoms with E-state index >= 15 is 0 Å². The fourth-order valence-corrected chi connectivity index (χ4v) is 5.51. The minimum absolute atomic E-state index is 0.00721. The number of ether oxygens (including phenoxy) is 1. The first-order valence-electron chi connectivity index (χ1n) is 11.7. The van der Waals surface area contributed by atoms with E-state index < -0.39 is 12.1 Å². The van der Waals surface area contributed by atoms with Gasteiger partial charge in [-0.25, -0.2) is 4.79 Å². The van der Waals surface area contributed by atoms with Crippen molar-refractivity contribution in [1.82, 2.24) is 15.5 Å². The lowest BCUT2D eigenvalue weighted by Gasteiger charge is -2.31. The summed E-state index contributed by atoms with van der Waals surface area (Å²) in [7, 11) is 0. The van der Waals surface area contributed by atoms with Crippen LogP contribution in [0.5, 0.6) is 0 Å². The van der Waals surface area contributed by atoms with E-state index in [0.29, 0.717) is 12.5 Å². The number of rotatable bonds is 6. The molecule has 3 atom stereocenters. The van der Waals surface area contributed by atoms with Crippen molar-refractivity contribution in [2.75, 3.05) is 19.7 Å². The van der Waals surface area contributed by atoms with Crippen molar-refractivity contribution in [3.8, 4) is 11.1 Å². The SMILES string of the molecule is CC(C)C[C@H](NC(=O)OCC1c2ccccc2-c2ccccc21)C(=O)N1C[C@@H]2C[C@H]1CN2. The molecule has 1 aliphatic carbocycles. The Hall–Kier alpha value is -2.86. The molecular formula is C26H31N3O3. The number of likely N-dealkylation sites (tertiary alicyclic amines) is 1.